The van der Waals surface area contributed by atoms with Crippen molar-refractivity contribution in [3.8, 4) is 0 Å². The molecule has 0 radical (unpaired) electrons. The molecule has 1 aliphatic heterocycles. The number of piperidine rings is 1. The van der Waals surface area contributed by atoms with Crippen molar-refractivity contribution in [1.29, 1.82) is 0 Å². The Hall–Kier alpha value is -3.66. The molecular formula is C23H26FN9. The Kier molecular flexibility index (Phi) is 6.34. The van der Waals surface area contributed by atoms with Crippen molar-refractivity contribution in [3.05, 3.63) is 66.6 Å². The first-order valence-corrected chi connectivity index (χ1v) is 11.1. The van der Waals surface area contributed by atoms with Gasteiger partial charge in [0.15, 0.2) is 5.65 Å². The molecule has 2 N–H and O–H groups in total. The monoisotopic (exact) mass is 447 g/mol. The van der Waals surface area contributed by atoms with Crippen LogP contribution < -0.4 is 10.6 Å². The first-order chi connectivity index (χ1) is 16.2. The Morgan fingerprint density at radius 1 is 1.03 bits per heavy atom. The molecule has 5 rings (SSSR count). The third-order valence-electron chi connectivity index (χ3n) is 5.86. The molecule has 4 heterocycles. The van der Waals surface area contributed by atoms with E-state index in [2.05, 4.69) is 35.5 Å². The van der Waals surface area contributed by atoms with E-state index in [1.807, 2.05) is 10.6 Å². The van der Waals surface area contributed by atoms with Gasteiger partial charge in [0.1, 0.15) is 17.7 Å². The number of hydrogen-bond acceptors (Lipinski definition) is 8. The molecule has 0 aliphatic carbocycles. The quantitative estimate of drug-likeness (QED) is 0.426. The maximum Gasteiger partial charge on any atom is 0.222 e. The van der Waals surface area contributed by atoms with Gasteiger partial charge in [-0.15, -0.1) is 0 Å². The van der Waals surface area contributed by atoms with Crippen molar-refractivity contribution in [2.24, 2.45) is 0 Å². The van der Waals surface area contributed by atoms with E-state index in [1.165, 1.54) is 18.5 Å². The zero-order valence-corrected chi connectivity index (χ0v) is 18.2. The third kappa shape index (κ3) is 5.23. The van der Waals surface area contributed by atoms with E-state index in [9.17, 15) is 4.39 Å². The Bertz CT molecular complexity index is 1170. The minimum atomic E-state index is -0.242. The van der Waals surface area contributed by atoms with Gasteiger partial charge < -0.3 is 15.5 Å². The van der Waals surface area contributed by atoms with Crippen LogP contribution in [0.25, 0.3) is 11.2 Å². The summed E-state index contributed by atoms with van der Waals surface area (Å²) < 4.78 is 15.4. The number of nitrogens with zero attached hydrogens (tertiary/aromatic N) is 7. The summed E-state index contributed by atoms with van der Waals surface area (Å²) in [5.41, 5.74) is 2.50. The fourth-order valence-electron chi connectivity index (χ4n) is 4.11. The lowest BCUT2D eigenvalue weighted by molar-refractivity contribution is 0.226. The first-order valence-electron chi connectivity index (χ1n) is 11.1. The van der Waals surface area contributed by atoms with E-state index in [0.717, 1.165) is 61.7 Å². The van der Waals surface area contributed by atoms with Crippen LogP contribution in [0.1, 0.15) is 18.4 Å². The third-order valence-corrected chi connectivity index (χ3v) is 5.86. The van der Waals surface area contributed by atoms with Gasteiger partial charge in [-0.3, -0.25) is 4.57 Å². The molecule has 10 heteroatoms. The maximum absolute atomic E-state index is 13.3. The van der Waals surface area contributed by atoms with E-state index in [1.54, 1.807) is 30.7 Å². The zero-order valence-electron chi connectivity index (χ0n) is 18.2. The Labute approximate surface area is 191 Å². The van der Waals surface area contributed by atoms with Crippen LogP contribution in [-0.2, 0) is 6.54 Å². The molecule has 4 aromatic rings. The molecule has 1 saturated heterocycles. The van der Waals surface area contributed by atoms with Crippen molar-refractivity contribution in [3.63, 3.8) is 0 Å². The van der Waals surface area contributed by atoms with Crippen molar-refractivity contribution in [1.82, 2.24) is 34.4 Å². The van der Waals surface area contributed by atoms with Gasteiger partial charge >= 0.3 is 0 Å². The fraction of sp³-hybridized carbons (Fsp3) is 0.348. The van der Waals surface area contributed by atoms with Crippen LogP contribution in [0.4, 0.5) is 16.3 Å². The average molecular weight is 448 g/mol. The second-order valence-electron chi connectivity index (χ2n) is 8.14. The summed E-state index contributed by atoms with van der Waals surface area (Å²) in [6.07, 6.45) is 8.77. The summed E-state index contributed by atoms with van der Waals surface area (Å²) >= 11 is 0. The Morgan fingerprint density at radius 2 is 1.82 bits per heavy atom. The van der Waals surface area contributed by atoms with E-state index in [-0.39, 0.29) is 5.82 Å². The highest BCUT2D eigenvalue weighted by Crippen LogP contribution is 2.22. The Morgan fingerprint density at radius 3 is 2.61 bits per heavy atom. The molecule has 1 aliphatic rings. The van der Waals surface area contributed by atoms with E-state index in [4.69, 9.17) is 4.98 Å². The molecule has 1 aromatic carbocycles. The van der Waals surface area contributed by atoms with Gasteiger partial charge in [-0.05, 0) is 36.6 Å². The molecule has 0 atom stereocenters. The molecule has 1 fully saturated rings. The van der Waals surface area contributed by atoms with Gasteiger partial charge in [-0.2, -0.15) is 0 Å². The number of rotatable bonds is 8. The number of nitrogens with one attached hydrogen (secondary N) is 2. The van der Waals surface area contributed by atoms with Crippen molar-refractivity contribution in [2.75, 3.05) is 36.8 Å². The van der Waals surface area contributed by atoms with Crippen molar-refractivity contribution in [2.45, 2.75) is 25.4 Å². The molecule has 0 unspecified atom stereocenters. The lowest BCUT2D eigenvalue weighted by atomic mass is 10.1. The average Bonchev–Trinajstić information content (AvgIpc) is 3.19. The molecule has 0 saturated carbocycles. The minimum Gasteiger partial charge on any atom is -0.353 e. The number of hydrogen-bond donors (Lipinski definition) is 2. The van der Waals surface area contributed by atoms with Crippen molar-refractivity contribution < 1.29 is 4.39 Å². The first kappa shape index (κ1) is 21.2. The second-order valence-corrected chi connectivity index (χ2v) is 8.14. The maximum atomic E-state index is 13.3. The highest BCUT2D eigenvalue weighted by molar-refractivity contribution is 5.73. The molecule has 0 amide bonds. The number of benzene rings is 1. The van der Waals surface area contributed by atoms with Gasteiger partial charge in [0.2, 0.25) is 11.9 Å². The van der Waals surface area contributed by atoms with E-state index in [0.29, 0.717) is 18.5 Å². The minimum absolute atomic E-state index is 0.242. The smallest absolute Gasteiger partial charge is 0.222 e. The predicted molar refractivity (Wildman–Crippen MR) is 124 cm³/mol. The summed E-state index contributed by atoms with van der Waals surface area (Å²) in [6.45, 7) is 4.33. The van der Waals surface area contributed by atoms with Crippen LogP contribution in [0.15, 0.2) is 55.2 Å². The van der Waals surface area contributed by atoms with Crippen molar-refractivity contribution >= 4 is 23.1 Å². The number of likely N-dealkylation sites (tertiary alicyclic amines) is 1. The number of anilines is 2. The summed E-state index contributed by atoms with van der Waals surface area (Å²) in [5.74, 6) is 1.20. The molecule has 3 aromatic heterocycles. The van der Waals surface area contributed by atoms with E-state index >= 15 is 0 Å². The van der Waals surface area contributed by atoms with Crippen LogP contribution in [0.2, 0.25) is 0 Å². The molecule has 0 spiro atoms. The van der Waals surface area contributed by atoms with Gasteiger partial charge in [-0.25, -0.2) is 29.3 Å². The lowest BCUT2D eigenvalue weighted by Crippen LogP contribution is -2.41. The molecule has 33 heavy (non-hydrogen) atoms. The normalized spacial score (nSPS) is 15.1. The molecule has 0 bridgehead atoms. The summed E-state index contributed by atoms with van der Waals surface area (Å²) in [5, 5.41) is 6.88. The highest BCUT2D eigenvalue weighted by atomic mass is 19.1. The summed E-state index contributed by atoms with van der Waals surface area (Å²) in [7, 11) is 0. The lowest BCUT2D eigenvalue weighted by Gasteiger charge is -2.32. The van der Waals surface area contributed by atoms with Crippen LogP contribution in [-0.4, -0.2) is 66.6 Å². The number of fused-ring (bicyclic) bond motifs is 1. The zero-order chi connectivity index (χ0) is 22.5. The van der Waals surface area contributed by atoms with Gasteiger partial charge in [0, 0.05) is 44.6 Å². The molecule has 170 valence electrons. The summed E-state index contributed by atoms with van der Waals surface area (Å²) in [6, 6.07) is 8.67. The fourth-order valence-corrected chi connectivity index (χ4v) is 4.11. The van der Waals surface area contributed by atoms with Gasteiger partial charge in [0.05, 0.1) is 12.7 Å². The Balaban J connectivity index is 1.20. The number of halogens is 1. The summed E-state index contributed by atoms with van der Waals surface area (Å²) in [4.78, 5) is 24.1. The van der Waals surface area contributed by atoms with Gasteiger partial charge in [-0.1, -0.05) is 12.1 Å². The van der Waals surface area contributed by atoms with Crippen LogP contribution in [0.3, 0.4) is 0 Å². The largest absolute Gasteiger partial charge is 0.353 e. The van der Waals surface area contributed by atoms with Crippen LogP contribution >= 0.6 is 0 Å². The van der Waals surface area contributed by atoms with Crippen LogP contribution in [0.5, 0.6) is 0 Å². The molecular weight excluding hydrogens is 421 g/mol. The predicted octanol–water partition coefficient (Wildman–Crippen LogP) is 2.79. The van der Waals surface area contributed by atoms with Gasteiger partial charge in [0.25, 0.3) is 0 Å². The standard InChI is InChI=1S/C23H26FN9/c24-18-4-2-17(3-5-18)15-33-21-20(14-25-16-29-21)31-23(33)30-19-6-11-32(12-7-19)13-10-28-22-26-8-1-9-27-22/h1-5,8-9,14,16,19H,6-7,10-13,15H2,(H,30,31)(H,26,27,28). The highest BCUT2D eigenvalue weighted by Gasteiger charge is 2.21. The molecule has 9 nitrogen and oxygen atoms in total. The SMILES string of the molecule is Fc1ccc(Cn2c(NC3CCN(CCNc4ncccn4)CC3)nc3cncnc32)cc1. The topological polar surface area (TPSA) is 96.7 Å². The second kappa shape index (κ2) is 9.86. The van der Waals surface area contributed by atoms with Crippen LogP contribution in [0, 0.1) is 5.82 Å². The van der Waals surface area contributed by atoms with E-state index < -0.39 is 0 Å². The number of imidazole rings is 1. The number of aromatic nitrogens is 6.